The van der Waals surface area contributed by atoms with Gasteiger partial charge < -0.3 is 10.4 Å². The zero-order chi connectivity index (χ0) is 14.6. The van der Waals surface area contributed by atoms with E-state index in [2.05, 4.69) is 10.3 Å². The van der Waals surface area contributed by atoms with Crippen LogP contribution in [-0.2, 0) is 9.59 Å². The molecule has 1 fully saturated rings. The van der Waals surface area contributed by atoms with Crippen LogP contribution in [0.3, 0.4) is 0 Å². The van der Waals surface area contributed by atoms with Gasteiger partial charge in [-0.25, -0.2) is 4.98 Å². The first-order valence-electron chi connectivity index (χ1n) is 6.63. The van der Waals surface area contributed by atoms with E-state index in [9.17, 15) is 14.0 Å². The van der Waals surface area contributed by atoms with E-state index >= 15 is 0 Å². The first-order valence-corrected chi connectivity index (χ1v) is 6.63. The van der Waals surface area contributed by atoms with Gasteiger partial charge in [-0.2, -0.15) is 4.39 Å². The molecule has 0 radical (unpaired) electrons. The number of nitrogens with one attached hydrogen (secondary N) is 1. The van der Waals surface area contributed by atoms with Crippen LogP contribution >= 0.6 is 0 Å². The van der Waals surface area contributed by atoms with Crippen molar-refractivity contribution in [2.45, 2.75) is 38.5 Å². The van der Waals surface area contributed by atoms with Gasteiger partial charge in [-0.15, -0.1) is 0 Å². The smallest absolute Gasteiger partial charge is 0.303 e. The summed E-state index contributed by atoms with van der Waals surface area (Å²) in [6, 6.07) is 4.15. The number of pyridine rings is 1. The molecule has 1 aromatic heterocycles. The average Bonchev–Trinajstić information content (AvgIpc) is 2.75. The van der Waals surface area contributed by atoms with Crippen molar-refractivity contribution in [2.75, 3.05) is 5.32 Å². The number of halogens is 1. The van der Waals surface area contributed by atoms with E-state index in [1.165, 1.54) is 18.2 Å². The number of carboxylic acids is 1. The zero-order valence-corrected chi connectivity index (χ0v) is 11.1. The minimum atomic E-state index is -0.886. The fourth-order valence-corrected chi connectivity index (χ4v) is 2.87. The van der Waals surface area contributed by atoms with Gasteiger partial charge in [-0.1, -0.05) is 18.9 Å². The molecule has 5 nitrogen and oxygen atoms in total. The number of hydrogen-bond acceptors (Lipinski definition) is 3. The number of aliphatic carboxylic acids is 1. The predicted molar refractivity (Wildman–Crippen MR) is 70.6 cm³/mol. The van der Waals surface area contributed by atoms with E-state index in [1.54, 1.807) is 0 Å². The molecule has 1 aliphatic rings. The number of carbonyl (C=O) groups excluding carboxylic acids is 1. The third-order valence-electron chi connectivity index (χ3n) is 3.71. The minimum absolute atomic E-state index is 0.00298. The fourth-order valence-electron chi connectivity index (χ4n) is 2.87. The largest absolute Gasteiger partial charge is 0.481 e. The molecule has 1 heterocycles. The number of nitrogens with zero attached hydrogens (tertiary/aromatic N) is 1. The van der Waals surface area contributed by atoms with Crippen LogP contribution in [0.1, 0.15) is 38.5 Å². The summed E-state index contributed by atoms with van der Waals surface area (Å²) < 4.78 is 12.9. The highest BCUT2D eigenvalue weighted by molar-refractivity contribution is 5.90. The summed E-state index contributed by atoms with van der Waals surface area (Å²) in [5.74, 6) is -1.71. The summed E-state index contributed by atoms with van der Waals surface area (Å²) >= 11 is 0. The molecule has 6 heteroatoms. The normalized spacial score (nSPS) is 16.9. The molecule has 0 unspecified atom stereocenters. The second-order valence-corrected chi connectivity index (χ2v) is 5.35. The van der Waals surface area contributed by atoms with Gasteiger partial charge in [0.05, 0.1) is 6.42 Å². The number of aromatic nitrogens is 1. The van der Waals surface area contributed by atoms with E-state index in [-0.39, 0.29) is 24.6 Å². The highest BCUT2D eigenvalue weighted by Gasteiger charge is 2.38. The van der Waals surface area contributed by atoms with Crippen molar-refractivity contribution in [2.24, 2.45) is 5.41 Å². The quantitative estimate of drug-likeness (QED) is 0.812. The van der Waals surface area contributed by atoms with Crippen LogP contribution < -0.4 is 5.32 Å². The molecule has 0 aromatic carbocycles. The second-order valence-electron chi connectivity index (χ2n) is 5.35. The van der Waals surface area contributed by atoms with Crippen molar-refractivity contribution in [3.05, 3.63) is 24.1 Å². The highest BCUT2D eigenvalue weighted by Crippen LogP contribution is 2.44. The van der Waals surface area contributed by atoms with Crippen LogP contribution in [0, 0.1) is 11.4 Å². The van der Waals surface area contributed by atoms with Crippen LogP contribution in [-0.4, -0.2) is 22.0 Å². The molecule has 2 rings (SSSR count). The van der Waals surface area contributed by atoms with Gasteiger partial charge in [-0.3, -0.25) is 9.59 Å². The lowest BCUT2D eigenvalue weighted by atomic mass is 9.79. The van der Waals surface area contributed by atoms with E-state index < -0.39 is 17.3 Å². The summed E-state index contributed by atoms with van der Waals surface area (Å²) in [6.07, 6.45) is 3.50. The third-order valence-corrected chi connectivity index (χ3v) is 3.71. The van der Waals surface area contributed by atoms with Gasteiger partial charge >= 0.3 is 5.97 Å². The Morgan fingerprint density at radius 2 is 2.00 bits per heavy atom. The molecule has 1 aromatic rings. The minimum Gasteiger partial charge on any atom is -0.481 e. The summed E-state index contributed by atoms with van der Waals surface area (Å²) in [5, 5.41) is 11.5. The maximum Gasteiger partial charge on any atom is 0.303 e. The maximum atomic E-state index is 12.9. The monoisotopic (exact) mass is 280 g/mol. The Morgan fingerprint density at radius 1 is 1.30 bits per heavy atom. The molecule has 1 saturated carbocycles. The van der Waals surface area contributed by atoms with Crippen molar-refractivity contribution < 1.29 is 19.1 Å². The summed E-state index contributed by atoms with van der Waals surface area (Å²) in [5.41, 5.74) is -0.469. The third kappa shape index (κ3) is 3.76. The van der Waals surface area contributed by atoms with Crippen LogP contribution in [0.25, 0.3) is 0 Å². The van der Waals surface area contributed by atoms with Gasteiger partial charge in [-0.05, 0) is 30.4 Å². The zero-order valence-electron chi connectivity index (χ0n) is 11.1. The van der Waals surface area contributed by atoms with E-state index in [4.69, 9.17) is 5.11 Å². The molecule has 0 atom stereocenters. The number of rotatable bonds is 5. The first kappa shape index (κ1) is 14.4. The summed E-state index contributed by atoms with van der Waals surface area (Å²) in [4.78, 5) is 26.5. The van der Waals surface area contributed by atoms with E-state index in [0.717, 1.165) is 25.7 Å². The molecule has 0 spiro atoms. The predicted octanol–water partition coefficient (Wildman–Crippen LogP) is 2.58. The summed E-state index contributed by atoms with van der Waals surface area (Å²) in [6.45, 7) is 0. The molecule has 1 amide bonds. The van der Waals surface area contributed by atoms with E-state index in [1.807, 2.05) is 0 Å². The van der Waals surface area contributed by atoms with Crippen molar-refractivity contribution in [1.82, 2.24) is 4.98 Å². The molecular formula is C14H17FN2O3. The Hall–Kier alpha value is -1.98. The van der Waals surface area contributed by atoms with E-state index in [0.29, 0.717) is 0 Å². The standard InChI is InChI=1S/C14H17FN2O3/c15-10-4-3-5-11(16-10)17-12(18)8-14(9-13(19)20)6-1-2-7-14/h3-5H,1-2,6-9H2,(H,19,20)(H,16,17,18). The van der Waals surface area contributed by atoms with Gasteiger partial charge in [0.1, 0.15) is 5.82 Å². The Bertz CT molecular complexity index is 513. The molecule has 2 N–H and O–H groups in total. The highest BCUT2D eigenvalue weighted by atomic mass is 19.1. The Labute approximate surface area is 116 Å². The number of hydrogen-bond donors (Lipinski definition) is 2. The average molecular weight is 280 g/mol. The molecule has 108 valence electrons. The SMILES string of the molecule is O=C(O)CC1(CC(=O)Nc2cccc(F)n2)CCCC1. The lowest BCUT2D eigenvalue weighted by Crippen LogP contribution is -2.28. The number of carbonyl (C=O) groups is 2. The van der Waals surface area contributed by atoms with Crippen LogP contribution in [0.5, 0.6) is 0 Å². The van der Waals surface area contributed by atoms with Crippen LogP contribution in [0.4, 0.5) is 10.2 Å². The lowest BCUT2D eigenvalue weighted by molar-refractivity contribution is -0.140. The molecule has 0 saturated heterocycles. The van der Waals surface area contributed by atoms with Crippen LogP contribution in [0.15, 0.2) is 18.2 Å². The van der Waals surface area contributed by atoms with Crippen molar-refractivity contribution in [1.29, 1.82) is 0 Å². The van der Waals surface area contributed by atoms with Gasteiger partial charge in [0.2, 0.25) is 11.9 Å². The number of carboxylic acid groups (broad SMARTS) is 1. The lowest BCUT2D eigenvalue weighted by Gasteiger charge is -2.26. The number of amides is 1. The molecule has 1 aliphatic carbocycles. The Morgan fingerprint density at radius 3 is 2.60 bits per heavy atom. The second kappa shape index (κ2) is 5.98. The van der Waals surface area contributed by atoms with Crippen molar-refractivity contribution in [3.63, 3.8) is 0 Å². The van der Waals surface area contributed by atoms with Gasteiger partial charge in [0.15, 0.2) is 0 Å². The fraction of sp³-hybridized carbons (Fsp3) is 0.500. The van der Waals surface area contributed by atoms with Crippen molar-refractivity contribution in [3.8, 4) is 0 Å². The Balaban J connectivity index is 2.00. The van der Waals surface area contributed by atoms with Gasteiger partial charge in [0, 0.05) is 6.42 Å². The molecule has 0 aliphatic heterocycles. The summed E-state index contributed by atoms with van der Waals surface area (Å²) in [7, 11) is 0. The van der Waals surface area contributed by atoms with Crippen LogP contribution in [0.2, 0.25) is 0 Å². The molecular weight excluding hydrogens is 263 g/mol. The van der Waals surface area contributed by atoms with Gasteiger partial charge in [0.25, 0.3) is 0 Å². The topological polar surface area (TPSA) is 79.3 Å². The first-order chi connectivity index (χ1) is 9.49. The van der Waals surface area contributed by atoms with Crippen molar-refractivity contribution >= 4 is 17.7 Å². The number of anilines is 1. The molecule has 20 heavy (non-hydrogen) atoms. The Kier molecular flexibility index (Phi) is 4.32. The molecule has 0 bridgehead atoms. The maximum absolute atomic E-state index is 12.9.